The standard InChI is InChI=1S/C23H34N6O.HI/c1-28(2)22(30)16-26-23(25-14-18-10-6-4-7-11-18)29(3)17-21-24-15-20(27-21)19-12-8-5-9-13-19;/h5,8-9,12-13,15,18H,4,6-7,10-11,14,16-17H2,1-3H3,(H,24,27)(H,25,26);1H. The number of aliphatic imine (C=N–C) groups is 1. The van der Waals surface area contributed by atoms with Gasteiger partial charge in [-0.25, -0.2) is 9.98 Å². The average Bonchev–Trinajstić information content (AvgIpc) is 3.23. The number of rotatable bonds is 7. The third-order valence-corrected chi connectivity index (χ3v) is 5.60. The summed E-state index contributed by atoms with van der Waals surface area (Å²) in [5.74, 6) is 2.27. The number of aromatic nitrogens is 2. The molecule has 0 spiro atoms. The molecule has 0 aliphatic heterocycles. The van der Waals surface area contributed by atoms with Crippen molar-refractivity contribution in [2.45, 2.75) is 38.6 Å². The van der Waals surface area contributed by atoms with E-state index in [1.807, 2.05) is 36.3 Å². The molecular formula is C23H35IN6O. The SMILES string of the molecule is CN(C)C(=O)CN=C(NCC1CCCCC1)N(C)Cc1ncc(-c2ccccc2)[nH]1.I. The number of hydrogen-bond acceptors (Lipinski definition) is 3. The molecule has 1 heterocycles. The maximum absolute atomic E-state index is 12.0. The fourth-order valence-corrected chi connectivity index (χ4v) is 3.73. The summed E-state index contributed by atoms with van der Waals surface area (Å²) in [5.41, 5.74) is 2.11. The number of hydrogen-bond donors (Lipinski definition) is 2. The van der Waals surface area contributed by atoms with E-state index in [1.165, 1.54) is 32.1 Å². The zero-order valence-electron chi connectivity index (χ0n) is 18.8. The Labute approximate surface area is 202 Å². The van der Waals surface area contributed by atoms with Crippen LogP contribution in [-0.2, 0) is 11.3 Å². The number of amides is 1. The Morgan fingerprint density at radius 1 is 1.16 bits per heavy atom. The molecule has 0 atom stereocenters. The molecule has 1 saturated carbocycles. The van der Waals surface area contributed by atoms with Gasteiger partial charge in [0.2, 0.25) is 5.91 Å². The van der Waals surface area contributed by atoms with Gasteiger partial charge in [0.1, 0.15) is 12.4 Å². The first-order valence-electron chi connectivity index (χ1n) is 10.8. The molecule has 8 heteroatoms. The molecule has 2 aromatic rings. The molecule has 2 N–H and O–H groups in total. The van der Waals surface area contributed by atoms with Gasteiger partial charge in [-0.05, 0) is 24.3 Å². The van der Waals surface area contributed by atoms with E-state index in [1.54, 1.807) is 19.0 Å². The number of aromatic amines is 1. The number of nitrogens with zero attached hydrogens (tertiary/aromatic N) is 4. The summed E-state index contributed by atoms with van der Waals surface area (Å²) in [7, 11) is 5.49. The molecule has 3 rings (SSSR count). The lowest BCUT2D eigenvalue weighted by atomic mass is 9.89. The Balaban J connectivity index is 0.00000341. The minimum atomic E-state index is -0.00951. The maximum atomic E-state index is 12.0. The van der Waals surface area contributed by atoms with Crippen LogP contribution in [0.25, 0.3) is 11.3 Å². The van der Waals surface area contributed by atoms with Crippen molar-refractivity contribution >= 4 is 35.8 Å². The second-order valence-electron chi connectivity index (χ2n) is 8.28. The second kappa shape index (κ2) is 12.7. The van der Waals surface area contributed by atoms with Crippen molar-refractivity contribution in [2.24, 2.45) is 10.9 Å². The predicted molar refractivity (Wildman–Crippen MR) is 136 cm³/mol. The molecule has 1 aromatic heterocycles. The molecule has 0 saturated heterocycles. The van der Waals surface area contributed by atoms with Gasteiger partial charge in [0.15, 0.2) is 5.96 Å². The highest BCUT2D eigenvalue weighted by Gasteiger charge is 2.16. The van der Waals surface area contributed by atoms with Gasteiger partial charge >= 0.3 is 0 Å². The van der Waals surface area contributed by atoms with Crippen molar-refractivity contribution < 1.29 is 4.79 Å². The second-order valence-corrected chi connectivity index (χ2v) is 8.28. The highest BCUT2D eigenvalue weighted by atomic mass is 127. The highest BCUT2D eigenvalue weighted by Crippen LogP contribution is 2.23. The van der Waals surface area contributed by atoms with Crippen LogP contribution in [0.1, 0.15) is 37.9 Å². The monoisotopic (exact) mass is 538 g/mol. The Morgan fingerprint density at radius 2 is 1.87 bits per heavy atom. The minimum absolute atomic E-state index is 0. The zero-order chi connectivity index (χ0) is 21.3. The van der Waals surface area contributed by atoms with Crippen molar-refractivity contribution in [1.82, 2.24) is 25.1 Å². The van der Waals surface area contributed by atoms with Crippen LogP contribution >= 0.6 is 24.0 Å². The van der Waals surface area contributed by atoms with Crippen molar-refractivity contribution in [3.63, 3.8) is 0 Å². The molecule has 31 heavy (non-hydrogen) atoms. The fraction of sp³-hybridized carbons (Fsp3) is 0.522. The van der Waals surface area contributed by atoms with Gasteiger partial charge in [0.25, 0.3) is 0 Å². The summed E-state index contributed by atoms with van der Waals surface area (Å²) in [4.78, 5) is 28.2. The smallest absolute Gasteiger partial charge is 0.243 e. The van der Waals surface area contributed by atoms with Crippen LogP contribution in [0.3, 0.4) is 0 Å². The summed E-state index contributed by atoms with van der Waals surface area (Å²) in [6.45, 7) is 1.62. The summed E-state index contributed by atoms with van der Waals surface area (Å²) >= 11 is 0. The van der Waals surface area contributed by atoms with E-state index in [0.29, 0.717) is 12.5 Å². The summed E-state index contributed by atoms with van der Waals surface area (Å²) in [6.07, 6.45) is 8.35. The number of benzene rings is 1. The summed E-state index contributed by atoms with van der Waals surface area (Å²) < 4.78 is 0. The average molecular weight is 538 g/mol. The molecule has 7 nitrogen and oxygen atoms in total. The number of likely N-dealkylation sites (N-methyl/N-ethyl adjacent to an activating group) is 1. The Kier molecular flexibility index (Phi) is 10.3. The lowest BCUT2D eigenvalue weighted by Gasteiger charge is -2.26. The lowest BCUT2D eigenvalue weighted by Crippen LogP contribution is -2.42. The van der Waals surface area contributed by atoms with Gasteiger partial charge in [0.05, 0.1) is 18.4 Å². The lowest BCUT2D eigenvalue weighted by molar-refractivity contribution is -0.127. The van der Waals surface area contributed by atoms with E-state index in [2.05, 4.69) is 32.4 Å². The highest BCUT2D eigenvalue weighted by molar-refractivity contribution is 14.0. The quantitative estimate of drug-likeness (QED) is 0.320. The largest absolute Gasteiger partial charge is 0.356 e. The third kappa shape index (κ3) is 7.83. The van der Waals surface area contributed by atoms with Crippen LogP contribution in [0, 0.1) is 5.92 Å². The zero-order valence-corrected chi connectivity index (χ0v) is 21.1. The molecule has 1 amide bonds. The van der Waals surface area contributed by atoms with Crippen LogP contribution in [-0.4, -0.2) is 65.9 Å². The molecule has 1 aromatic carbocycles. The van der Waals surface area contributed by atoms with E-state index >= 15 is 0 Å². The summed E-state index contributed by atoms with van der Waals surface area (Å²) in [5, 5.41) is 3.51. The van der Waals surface area contributed by atoms with Crippen molar-refractivity contribution in [2.75, 3.05) is 34.2 Å². The van der Waals surface area contributed by atoms with Gasteiger partial charge in [-0.3, -0.25) is 4.79 Å². The normalized spacial score (nSPS) is 14.6. The van der Waals surface area contributed by atoms with Crippen molar-refractivity contribution in [3.05, 3.63) is 42.4 Å². The van der Waals surface area contributed by atoms with Crippen molar-refractivity contribution in [3.8, 4) is 11.3 Å². The predicted octanol–water partition coefficient (Wildman–Crippen LogP) is 3.74. The van der Waals surface area contributed by atoms with Crippen LogP contribution < -0.4 is 5.32 Å². The summed E-state index contributed by atoms with van der Waals surface area (Å²) in [6, 6.07) is 10.2. The number of carbonyl (C=O) groups excluding carboxylic acids is 1. The number of guanidine groups is 1. The van der Waals surface area contributed by atoms with E-state index < -0.39 is 0 Å². The number of carbonyl (C=O) groups is 1. The minimum Gasteiger partial charge on any atom is -0.356 e. The van der Waals surface area contributed by atoms with Gasteiger partial charge < -0.3 is 20.1 Å². The van der Waals surface area contributed by atoms with Crippen molar-refractivity contribution in [1.29, 1.82) is 0 Å². The maximum Gasteiger partial charge on any atom is 0.243 e. The molecule has 0 radical (unpaired) electrons. The Hall–Kier alpha value is -2.10. The molecule has 0 bridgehead atoms. The number of imidazole rings is 1. The van der Waals surface area contributed by atoms with E-state index in [-0.39, 0.29) is 36.4 Å². The Morgan fingerprint density at radius 3 is 2.55 bits per heavy atom. The van der Waals surface area contributed by atoms with Crippen LogP contribution in [0.4, 0.5) is 0 Å². The van der Waals surface area contributed by atoms with Gasteiger partial charge in [0, 0.05) is 27.7 Å². The molecule has 1 aliphatic carbocycles. The van der Waals surface area contributed by atoms with Crippen LogP contribution in [0.2, 0.25) is 0 Å². The van der Waals surface area contributed by atoms with E-state index in [9.17, 15) is 4.79 Å². The Bertz CT molecular complexity index is 830. The third-order valence-electron chi connectivity index (χ3n) is 5.60. The molecule has 1 aliphatic rings. The van der Waals surface area contributed by atoms with Gasteiger partial charge in [-0.2, -0.15) is 0 Å². The number of nitrogens with one attached hydrogen (secondary N) is 2. The molecule has 0 unspecified atom stereocenters. The van der Waals surface area contributed by atoms with Gasteiger partial charge in [-0.1, -0.05) is 49.6 Å². The van der Waals surface area contributed by atoms with Crippen LogP contribution in [0.15, 0.2) is 41.5 Å². The van der Waals surface area contributed by atoms with E-state index in [0.717, 1.165) is 29.6 Å². The topological polar surface area (TPSA) is 76.6 Å². The molecule has 1 fully saturated rings. The van der Waals surface area contributed by atoms with E-state index in [4.69, 9.17) is 0 Å². The van der Waals surface area contributed by atoms with Crippen LogP contribution in [0.5, 0.6) is 0 Å². The first-order chi connectivity index (χ1) is 14.5. The number of halogens is 1. The molecular weight excluding hydrogens is 503 g/mol. The number of H-pyrrole nitrogens is 1. The fourth-order valence-electron chi connectivity index (χ4n) is 3.73. The van der Waals surface area contributed by atoms with Gasteiger partial charge in [-0.15, -0.1) is 24.0 Å². The first-order valence-corrected chi connectivity index (χ1v) is 10.8. The first kappa shape index (κ1) is 25.2. The molecule has 170 valence electrons.